The van der Waals surface area contributed by atoms with Gasteiger partial charge >= 0.3 is 0 Å². The van der Waals surface area contributed by atoms with E-state index >= 15 is 0 Å². The lowest BCUT2D eigenvalue weighted by Crippen LogP contribution is -2.24. The summed E-state index contributed by atoms with van der Waals surface area (Å²) in [6.07, 6.45) is 1.24. The third kappa shape index (κ3) is 4.37. The summed E-state index contributed by atoms with van der Waals surface area (Å²) in [5.74, 6) is 2.52. The second-order valence-electron chi connectivity index (χ2n) is 7.39. The van der Waals surface area contributed by atoms with E-state index < -0.39 is 6.10 Å². The zero-order valence-electron chi connectivity index (χ0n) is 19.1. The summed E-state index contributed by atoms with van der Waals surface area (Å²) in [5.41, 5.74) is 2.56. The number of Topliss-reactive ketones (excluding diaryl/α,β-unsaturated/α-hetero) is 1. The number of benzene rings is 3. The Morgan fingerprint density at radius 2 is 1.61 bits per heavy atom. The van der Waals surface area contributed by atoms with E-state index in [1.807, 2.05) is 43.3 Å². The fraction of sp³-hybridized carbons (Fsp3) is 0.222. The summed E-state index contributed by atoms with van der Waals surface area (Å²) in [4.78, 5) is 13.7. The van der Waals surface area contributed by atoms with Crippen LogP contribution in [0.4, 0.5) is 0 Å². The number of ketones is 1. The minimum atomic E-state index is -0.566. The first-order chi connectivity index (χ1) is 16.1. The summed E-state index contributed by atoms with van der Waals surface area (Å²) in [6.45, 7) is 2.41. The number of hydrogen-bond acceptors (Lipinski definition) is 6. The quantitative estimate of drug-likeness (QED) is 0.446. The summed E-state index contributed by atoms with van der Waals surface area (Å²) in [7, 11) is 4.66. The second-order valence-corrected chi connectivity index (χ2v) is 7.39. The Morgan fingerprint density at radius 3 is 2.21 bits per heavy atom. The van der Waals surface area contributed by atoms with Crippen LogP contribution in [-0.4, -0.2) is 33.7 Å². The Bertz CT molecular complexity index is 1160. The lowest BCUT2D eigenvalue weighted by Gasteiger charge is -2.28. The second kappa shape index (κ2) is 9.69. The summed E-state index contributed by atoms with van der Waals surface area (Å²) >= 11 is 0. The Hall–Kier alpha value is -3.93. The van der Waals surface area contributed by atoms with Crippen LogP contribution in [0.1, 0.15) is 34.5 Å². The number of methoxy groups -OCH3 is 3. The molecule has 0 N–H and O–H groups in total. The Morgan fingerprint density at radius 1 is 0.909 bits per heavy atom. The average Bonchev–Trinajstić information content (AvgIpc) is 2.85. The van der Waals surface area contributed by atoms with E-state index in [2.05, 4.69) is 0 Å². The van der Waals surface area contributed by atoms with Crippen molar-refractivity contribution in [3.05, 3.63) is 82.9 Å². The van der Waals surface area contributed by atoms with Crippen LogP contribution < -0.4 is 23.7 Å². The highest BCUT2D eigenvalue weighted by Gasteiger charge is 2.33. The Balaban J connectivity index is 1.87. The highest BCUT2D eigenvalue weighted by molar-refractivity contribution is 6.15. The number of hydrogen-bond donors (Lipinski definition) is 0. The van der Waals surface area contributed by atoms with Gasteiger partial charge in [0.1, 0.15) is 11.5 Å². The average molecular weight is 446 g/mol. The predicted octanol–water partition coefficient (Wildman–Crippen LogP) is 5.51. The molecule has 0 saturated heterocycles. The van der Waals surface area contributed by atoms with Crippen molar-refractivity contribution in [1.82, 2.24) is 0 Å². The molecule has 0 fully saturated rings. The molecule has 0 radical (unpaired) electrons. The molecule has 170 valence electrons. The van der Waals surface area contributed by atoms with Gasteiger partial charge in [-0.05, 0) is 54.5 Å². The van der Waals surface area contributed by atoms with Crippen LogP contribution >= 0.6 is 0 Å². The van der Waals surface area contributed by atoms with Crippen molar-refractivity contribution in [2.45, 2.75) is 13.0 Å². The third-order valence-electron chi connectivity index (χ3n) is 5.41. The van der Waals surface area contributed by atoms with E-state index in [0.29, 0.717) is 46.5 Å². The highest BCUT2D eigenvalue weighted by Crippen LogP contribution is 2.43. The van der Waals surface area contributed by atoms with Gasteiger partial charge in [-0.3, -0.25) is 4.79 Å². The Kier molecular flexibility index (Phi) is 6.54. The molecule has 3 aromatic rings. The van der Waals surface area contributed by atoms with Crippen LogP contribution in [-0.2, 0) is 0 Å². The minimum Gasteiger partial charge on any atom is -0.494 e. The van der Waals surface area contributed by atoms with Gasteiger partial charge in [0.15, 0.2) is 23.4 Å². The van der Waals surface area contributed by atoms with Gasteiger partial charge in [-0.25, -0.2) is 0 Å². The van der Waals surface area contributed by atoms with Crippen molar-refractivity contribution in [1.29, 1.82) is 0 Å². The van der Waals surface area contributed by atoms with E-state index in [1.54, 1.807) is 51.7 Å². The van der Waals surface area contributed by atoms with Crippen LogP contribution in [0.25, 0.3) is 6.08 Å². The summed E-state index contributed by atoms with van der Waals surface area (Å²) in [5, 5.41) is 0. The first-order valence-corrected chi connectivity index (χ1v) is 10.6. The Labute approximate surface area is 193 Å². The van der Waals surface area contributed by atoms with E-state index in [-0.39, 0.29) is 5.78 Å². The molecular formula is C27H26O6. The van der Waals surface area contributed by atoms with Gasteiger partial charge in [0.2, 0.25) is 5.75 Å². The molecule has 4 rings (SSSR count). The van der Waals surface area contributed by atoms with Gasteiger partial charge in [0.05, 0.1) is 33.5 Å². The lowest BCUT2D eigenvalue weighted by atomic mass is 9.89. The number of carbonyl (C=O) groups is 1. The molecule has 0 bridgehead atoms. The molecule has 0 amide bonds. The summed E-state index contributed by atoms with van der Waals surface area (Å²) in [6, 6.07) is 18.6. The first-order valence-electron chi connectivity index (χ1n) is 10.6. The minimum absolute atomic E-state index is 0.125. The maximum Gasteiger partial charge on any atom is 0.203 e. The van der Waals surface area contributed by atoms with Crippen molar-refractivity contribution in [3.8, 4) is 28.7 Å². The van der Waals surface area contributed by atoms with Crippen LogP contribution in [0, 0.1) is 0 Å². The molecule has 33 heavy (non-hydrogen) atoms. The first kappa shape index (κ1) is 22.3. The zero-order valence-corrected chi connectivity index (χ0v) is 19.1. The van der Waals surface area contributed by atoms with E-state index in [0.717, 1.165) is 11.1 Å². The molecule has 1 aliphatic rings. The van der Waals surface area contributed by atoms with Crippen LogP contribution in [0.3, 0.4) is 0 Å². The number of fused-ring (bicyclic) bond motifs is 1. The van der Waals surface area contributed by atoms with Crippen molar-refractivity contribution in [2.75, 3.05) is 27.9 Å². The molecule has 1 aliphatic heterocycles. The highest BCUT2D eigenvalue weighted by atomic mass is 16.5. The van der Waals surface area contributed by atoms with Crippen LogP contribution in [0.2, 0.25) is 0 Å². The number of ether oxygens (including phenoxy) is 5. The van der Waals surface area contributed by atoms with Crippen molar-refractivity contribution in [2.24, 2.45) is 0 Å². The van der Waals surface area contributed by atoms with E-state index in [9.17, 15) is 4.79 Å². The monoisotopic (exact) mass is 446 g/mol. The standard InChI is InChI=1S/C27H26O6/c1-5-32-19-11-12-22-20(16-19)25(28)21(26(33-22)18-9-7-6-8-10-18)13-17-14-23(29-2)27(31-4)24(15-17)30-3/h6-16,26H,5H2,1-4H3/b21-13+. The molecule has 0 spiro atoms. The maximum atomic E-state index is 13.7. The molecule has 0 saturated carbocycles. The van der Waals surface area contributed by atoms with Crippen molar-refractivity contribution >= 4 is 11.9 Å². The summed E-state index contributed by atoms with van der Waals surface area (Å²) < 4.78 is 28.3. The molecule has 1 unspecified atom stereocenters. The van der Waals surface area contributed by atoms with Crippen molar-refractivity contribution in [3.63, 3.8) is 0 Å². The largest absolute Gasteiger partial charge is 0.494 e. The van der Waals surface area contributed by atoms with Gasteiger partial charge in [-0.15, -0.1) is 0 Å². The van der Waals surface area contributed by atoms with E-state index in [4.69, 9.17) is 23.7 Å². The van der Waals surface area contributed by atoms with Gasteiger partial charge in [0, 0.05) is 5.57 Å². The van der Waals surface area contributed by atoms with Crippen molar-refractivity contribution < 1.29 is 28.5 Å². The molecule has 3 aromatic carbocycles. The SMILES string of the molecule is CCOc1ccc2c(c1)C(=O)/C(=C\c1cc(OC)c(OC)c(OC)c1)C(c1ccccc1)O2. The molecule has 1 atom stereocenters. The molecule has 6 nitrogen and oxygen atoms in total. The molecular weight excluding hydrogens is 420 g/mol. The fourth-order valence-corrected chi connectivity index (χ4v) is 3.89. The molecule has 6 heteroatoms. The number of carbonyl (C=O) groups excluding carboxylic acids is 1. The van der Waals surface area contributed by atoms with Crippen LogP contribution in [0.5, 0.6) is 28.7 Å². The predicted molar refractivity (Wildman–Crippen MR) is 126 cm³/mol. The third-order valence-corrected chi connectivity index (χ3v) is 5.41. The topological polar surface area (TPSA) is 63.2 Å². The molecule has 0 aliphatic carbocycles. The number of rotatable bonds is 7. The zero-order chi connectivity index (χ0) is 23.4. The molecule has 1 heterocycles. The van der Waals surface area contributed by atoms with Gasteiger partial charge in [-0.2, -0.15) is 0 Å². The molecule has 0 aromatic heterocycles. The van der Waals surface area contributed by atoms with E-state index in [1.165, 1.54) is 0 Å². The smallest absolute Gasteiger partial charge is 0.203 e. The lowest BCUT2D eigenvalue weighted by molar-refractivity contribution is 0.0962. The maximum absolute atomic E-state index is 13.7. The normalized spacial score (nSPS) is 16.1. The van der Waals surface area contributed by atoms with Gasteiger partial charge in [-0.1, -0.05) is 30.3 Å². The fourth-order valence-electron chi connectivity index (χ4n) is 3.89. The van der Waals surface area contributed by atoms with Gasteiger partial charge < -0.3 is 23.7 Å². The van der Waals surface area contributed by atoms with Gasteiger partial charge in [0.25, 0.3) is 0 Å². The van der Waals surface area contributed by atoms with Crippen LogP contribution in [0.15, 0.2) is 66.2 Å².